The zero-order chi connectivity index (χ0) is 14.4. The van der Waals surface area contributed by atoms with Gasteiger partial charge in [-0.15, -0.1) is 11.3 Å². The number of thiophene rings is 1. The van der Waals surface area contributed by atoms with Gasteiger partial charge in [-0.05, 0) is 24.8 Å². The summed E-state index contributed by atoms with van der Waals surface area (Å²) in [5.41, 5.74) is 15.0. The quantitative estimate of drug-likeness (QED) is 0.674. The van der Waals surface area contributed by atoms with E-state index in [1.807, 2.05) is 6.07 Å². The van der Waals surface area contributed by atoms with Crippen LogP contribution in [0.25, 0.3) is 20.8 Å². The first-order valence-electron chi connectivity index (χ1n) is 7.09. The fourth-order valence-electron chi connectivity index (χ4n) is 3.21. The van der Waals surface area contributed by atoms with Crippen LogP contribution in [0.4, 0.5) is 11.8 Å². The van der Waals surface area contributed by atoms with Gasteiger partial charge in [0.1, 0.15) is 5.82 Å². The zero-order valence-electron chi connectivity index (χ0n) is 11.5. The van der Waals surface area contributed by atoms with Crippen LogP contribution in [-0.4, -0.2) is 20.2 Å². The lowest BCUT2D eigenvalue weighted by molar-refractivity contribution is 0.731. The molecule has 5 N–H and O–H groups in total. The first-order valence-corrected chi connectivity index (χ1v) is 7.91. The molecule has 21 heavy (non-hydrogen) atoms. The summed E-state index contributed by atoms with van der Waals surface area (Å²) in [6.07, 6.45) is 6.68. The van der Waals surface area contributed by atoms with Gasteiger partial charge in [0.25, 0.3) is 0 Å². The van der Waals surface area contributed by atoms with Gasteiger partial charge in [-0.2, -0.15) is 10.1 Å². The molecule has 4 rings (SSSR count). The van der Waals surface area contributed by atoms with E-state index in [1.54, 1.807) is 17.5 Å². The molecule has 0 unspecified atom stereocenters. The number of hydrogen-bond acceptors (Lipinski definition) is 6. The first-order chi connectivity index (χ1) is 10.2. The summed E-state index contributed by atoms with van der Waals surface area (Å²) in [6, 6.07) is 1.98. The van der Waals surface area contributed by atoms with Crippen molar-refractivity contribution >= 4 is 33.3 Å². The molecule has 0 radical (unpaired) electrons. The Labute approximate surface area is 125 Å². The van der Waals surface area contributed by atoms with Crippen molar-refractivity contribution in [2.75, 3.05) is 11.5 Å². The molecule has 3 aromatic rings. The van der Waals surface area contributed by atoms with E-state index in [2.05, 4.69) is 20.2 Å². The van der Waals surface area contributed by atoms with Gasteiger partial charge in [0.15, 0.2) is 0 Å². The van der Waals surface area contributed by atoms with E-state index in [9.17, 15) is 0 Å². The number of aromatic nitrogens is 4. The molecule has 0 atom stereocenters. The highest BCUT2D eigenvalue weighted by molar-refractivity contribution is 7.23. The number of nitrogens with two attached hydrogens (primary N) is 2. The average Bonchev–Trinajstić information content (AvgIpc) is 3.18. The Kier molecular flexibility index (Phi) is 2.81. The summed E-state index contributed by atoms with van der Waals surface area (Å²) in [7, 11) is 0. The molecule has 1 fully saturated rings. The third-order valence-corrected chi connectivity index (χ3v) is 5.37. The second kappa shape index (κ2) is 4.70. The number of nitrogen functional groups attached to an aromatic ring is 2. The van der Waals surface area contributed by atoms with E-state index in [-0.39, 0.29) is 5.95 Å². The van der Waals surface area contributed by atoms with Gasteiger partial charge < -0.3 is 11.5 Å². The molecule has 0 bridgehead atoms. The normalized spacial score (nSPS) is 16.0. The van der Waals surface area contributed by atoms with Gasteiger partial charge in [0, 0.05) is 11.8 Å². The fraction of sp³-hybridized carbons (Fsp3) is 0.357. The summed E-state index contributed by atoms with van der Waals surface area (Å²) in [5.74, 6) is 1.23. The minimum Gasteiger partial charge on any atom is -0.382 e. The van der Waals surface area contributed by atoms with E-state index in [0.717, 1.165) is 15.9 Å². The summed E-state index contributed by atoms with van der Waals surface area (Å²) >= 11 is 1.63. The maximum Gasteiger partial charge on any atom is 0.222 e. The Morgan fingerprint density at radius 2 is 2.00 bits per heavy atom. The van der Waals surface area contributed by atoms with Crippen molar-refractivity contribution in [1.82, 2.24) is 20.2 Å². The number of anilines is 2. The number of fused-ring (bicyclic) bond motifs is 1. The van der Waals surface area contributed by atoms with Crippen LogP contribution in [0.1, 0.15) is 37.2 Å². The number of aromatic amines is 1. The molecule has 1 aliphatic rings. The minimum atomic E-state index is 0.244. The van der Waals surface area contributed by atoms with Crippen LogP contribution in [0, 0.1) is 0 Å². The van der Waals surface area contributed by atoms with Crippen molar-refractivity contribution in [1.29, 1.82) is 0 Å². The Balaban J connectivity index is 2.03. The van der Waals surface area contributed by atoms with Crippen LogP contribution in [0.15, 0.2) is 12.3 Å². The molecule has 7 heteroatoms. The maximum absolute atomic E-state index is 6.04. The van der Waals surface area contributed by atoms with Crippen molar-refractivity contribution in [3.8, 4) is 10.6 Å². The fourth-order valence-corrected chi connectivity index (χ4v) is 4.41. The largest absolute Gasteiger partial charge is 0.382 e. The molecule has 108 valence electrons. The van der Waals surface area contributed by atoms with E-state index in [4.69, 9.17) is 11.5 Å². The Morgan fingerprint density at radius 1 is 1.19 bits per heavy atom. The molecule has 0 aliphatic heterocycles. The van der Waals surface area contributed by atoms with Gasteiger partial charge in [0.2, 0.25) is 5.95 Å². The molecule has 0 saturated heterocycles. The molecule has 0 aromatic carbocycles. The van der Waals surface area contributed by atoms with E-state index >= 15 is 0 Å². The van der Waals surface area contributed by atoms with Crippen LogP contribution in [0.2, 0.25) is 0 Å². The van der Waals surface area contributed by atoms with Gasteiger partial charge in [-0.3, -0.25) is 5.10 Å². The molecule has 0 amide bonds. The van der Waals surface area contributed by atoms with Gasteiger partial charge >= 0.3 is 0 Å². The van der Waals surface area contributed by atoms with Crippen LogP contribution >= 0.6 is 11.3 Å². The summed E-state index contributed by atoms with van der Waals surface area (Å²) < 4.78 is 0.927. The molecule has 3 heterocycles. The second-order valence-electron chi connectivity index (χ2n) is 5.44. The van der Waals surface area contributed by atoms with Crippen molar-refractivity contribution in [3.05, 3.63) is 17.8 Å². The van der Waals surface area contributed by atoms with Gasteiger partial charge in [-0.1, -0.05) is 12.8 Å². The lowest BCUT2D eigenvalue weighted by Crippen LogP contribution is -2.01. The lowest BCUT2D eigenvalue weighted by Gasteiger charge is -2.10. The number of nitrogens with one attached hydrogen (secondary N) is 1. The second-order valence-corrected chi connectivity index (χ2v) is 6.46. The average molecular weight is 300 g/mol. The Morgan fingerprint density at radius 3 is 2.71 bits per heavy atom. The molecule has 3 aromatic heterocycles. The van der Waals surface area contributed by atoms with Crippen LogP contribution in [0.3, 0.4) is 0 Å². The van der Waals surface area contributed by atoms with E-state index in [0.29, 0.717) is 11.7 Å². The number of nitrogens with zero attached hydrogens (tertiary/aromatic N) is 3. The third kappa shape index (κ3) is 1.96. The summed E-state index contributed by atoms with van der Waals surface area (Å²) in [5, 5.41) is 7.12. The lowest BCUT2D eigenvalue weighted by atomic mass is 9.96. The van der Waals surface area contributed by atoms with Crippen LogP contribution in [-0.2, 0) is 0 Å². The van der Waals surface area contributed by atoms with Gasteiger partial charge in [0.05, 0.1) is 20.8 Å². The van der Waals surface area contributed by atoms with Gasteiger partial charge in [-0.25, -0.2) is 4.98 Å². The van der Waals surface area contributed by atoms with Crippen LogP contribution < -0.4 is 11.5 Å². The number of rotatable bonds is 2. The van der Waals surface area contributed by atoms with Crippen molar-refractivity contribution in [2.45, 2.75) is 31.6 Å². The number of hydrogen-bond donors (Lipinski definition) is 3. The van der Waals surface area contributed by atoms with E-state index < -0.39 is 0 Å². The molecular weight excluding hydrogens is 284 g/mol. The van der Waals surface area contributed by atoms with Crippen LogP contribution in [0.5, 0.6) is 0 Å². The zero-order valence-corrected chi connectivity index (χ0v) is 12.3. The molecular formula is C14H16N6S. The predicted molar refractivity (Wildman–Crippen MR) is 85.0 cm³/mol. The standard InChI is InChI=1S/C14H16N6S/c15-13-12-10(18-14(16)19-13)9(7-3-1-2-4-7)11(21-12)8-5-6-17-20-8/h5-7H,1-4H2,(H,17,20)(H4,15,16,18,19). The van der Waals surface area contributed by atoms with Crippen molar-refractivity contribution in [3.63, 3.8) is 0 Å². The number of H-pyrrole nitrogens is 1. The maximum atomic E-state index is 6.04. The Bertz CT molecular complexity index is 786. The first kappa shape index (κ1) is 12.6. The van der Waals surface area contributed by atoms with E-state index in [1.165, 1.54) is 36.1 Å². The molecule has 6 nitrogen and oxygen atoms in total. The molecule has 1 aliphatic carbocycles. The minimum absolute atomic E-state index is 0.244. The highest BCUT2D eigenvalue weighted by atomic mass is 32.1. The third-order valence-electron chi connectivity index (χ3n) is 4.12. The van der Waals surface area contributed by atoms with Crippen molar-refractivity contribution < 1.29 is 0 Å². The topological polar surface area (TPSA) is 106 Å². The highest BCUT2D eigenvalue weighted by Gasteiger charge is 2.27. The summed E-state index contributed by atoms with van der Waals surface area (Å²) in [6.45, 7) is 0. The highest BCUT2D eigenvalue weighted by Crippen LogP contribution is 2.47. The monoisotopic (exact) mass is 300 g/mol. The van der Waals surface area contributed by atoms with Crippen molar-refractivity contribution in [2.24, 2.45) is 0 Å². The smallest absolute Gasteiger partial charge is 0.222 e. The predicted octanol–water partition coefficient (Wildman–Crippen LogP) is 2.90. The summed E-state index contributed by atoms with van der Waals surface area (Å²) in [4.78, 5) is 9.74. The molecule has 1 saturated carbocycles. The molecule has 0 spiro atoms. The SMILES string of the molecule is Nc1nc(N)c2sc(-c3ccn[nH]3)c(C3CCCC3)c2n1. The Hall–Kier alpha value is -2.15.